The molecule has 0 fully saturated rings. The minimum Gasteiger partial charge on any atom is -0.480 e. The van der Waals surface area contributed by atoms with Gasteiger partial charge in [0.2, 0.25) is 5.88 Å². The van der Waals surface area contributed by atoms with Crippen LogP contribution in [0.4, 0.5) is 0 Å². The lowest BCUT2D eigenvalue weighted by atomic mass is 10.4. The molecule has 0 aliphatic carbocycles. The Hall–Kier alpha value is -1.76. The van der Waals surface area contributed by atoms with Gasteiger partial charge in [0.05, 0.1) is 19.5 Å². The maximum absolute atomic E-state index is 5.16. The second-order valence-electron chi connectivity index (χ2n) is 3.24. The van der Waals surface area contributed by atoms with E-state index in [2.05, 4.69) is 15.1 Å². The molecule has 0 spiro atoms. The van der Waals surface area contributed by atoms with E-state index >= 15 is 0 Å². The van der Waals surface area contributed by atoms with E-state index in [0.29, 0.717) is 22.2 Å². The summed E-state index contributed by atoms with van der Waals surface area (Å²) in [6.07, 6.45) is 3.17. The van der Waals surface area contributed by atoms with Crippen LogP contribution in [0.15, 0.2) is 12.4 Å². The molecule has 0 amide bonds. The summed E-state index contributed by atoms with van der Waals surface area (Å²) < 4.78 is 9.03. The van der Waals surface area contributed by atoms with Gasteiger partial charge in [0.25, 0.3) is 0 Å². The van der Waals surface area contributed by atoms with Gasteiger partial charge in [-0.15, -0.1) is 0 Å². The molecular formula is C9H11N5OS. The fourth-order valence-corrected chi connectivity index (χ4v) is 1.46. The fourth-order valence-electron chi connectivity index (χ4n) is 1.34. The summed E-state index contributed by atoms with van der Waals surface area (Å²) in [5.41, 5.74) is 0.633. The van der Waals surface area contributed by atoms with E-state index in [-0.39, 0.29) is 0 Å². The molecule has 2 rings (SSSR count). The number of hydrogen-bond acceptors (Lipinski definition) is 5. The third-order valence-corrected chi connectivity index (χ3v) is 2.71. The van der Waals surface area contributed by atoms with Crippen molar-refractivity contribution in [3.05, 3.63) is 17.2 Å². The van der Waals surface area contributed by atoms with E-state index in [9.17, 15) is 0 Å². The summed E-state index contributed by atoms with van der Waals surface area (Å²) in [4.78, 5) is 8.28. The smallest absolute Gasteiger partial charge is 0.232 e. The van der Waals surface area contributed by atoms with Crippen LogP contribution in [-0.4, -0.2) is 31.4 Å². The van der Waals surface area contributed by atoms with Crippen LogP contribution >= 0.6 is 12.2 Å². The summed E-state index contributed by atoms with van der Waals surface area (Å²) in [6.45, 7) is 0. The number of aromatic nitrogens is 5. The number of hydrogen-bond donors (Lipinski definition) is 0. The highest BCUT2D eigenvalue weighted by molar-refractivity contribution is 7.71. The lowest BCUT2D eigenvalue weighted by molar-refractivity contribution is 0.396. The van der Waals surface area contributed by atoms with Gasteiger partial charge >= 0.3 is 0 Å². The first kappa shape index (κ1) is 10.7. The van der Waals surface area contributed by atoms with E-state index in [1.165, 1.54) is 0 Å². The summed E-state index contributed by atoms with van der Waals surface area (Å²) >= 11 is 5.16. The van der Waals surface area contributed by atoms with Gasteiger partial charge in [-0.3, -0.25) is 4.98 Å². The second-order valence-corrected chi connectivity index (χ2v) is 3.60. The maximum atomic E-state index is 5.16. The molecule has 2 aromatic rings. The molecule has 7 heteroatoms. The average Bonchev–Trinajstić information content (AvgIpc) is 2.57. The van der Waals surface area contributed by atoms with Crippen LogP contribution in [0, 0.1) is 4.77 Å². The highest BCUT2D eigenvalue weighted by Crippen LogP contribution is 2.15. The van der Waals surface area contributed by atoms with E-state index < -0.39 is 0 Å². The zero-order valence-electron chi connectivity index (χ0n) is 9.21. The molecule has 0 N–H and O–H groups in total. The van der Waals surface area contributed by atoms with Gasteiger partial charge < -0.3 is 9.30 Å². The van der Waals surface area contributed by atoms with Crippen molar-refractivity contribution >= 4 is 12.2 Å². The number of aryl methyl sites for hydroxylation is 1. The predicted molar refractivity (Wildman–Crippen MR) is 60.6 cm³/mol. The van der Waals surface area contributed by atoms with Crippen LogP contribution in [0.25, 0.3) is 11.5 Å². The summed E-state index contributed by atoms with van der Waals surface area (Å²) in [5.74, 6) is 1.12. The van der Waals surface area contributed by atoms with Crippen LogP contribution in [-0.2, 0) is 14.1 Å². The molecule has 0 aliphatic rings. The van der Waals surface area contributed by atoms with Crippen molar-refractivity contribution in [3.63, 3.8) is 0 Å². The van der Waals surface area contributed by atoms with Gasteiger partial charge in [-0.1, -0.05) is 0 Å². The number of methoxy groups -OCH3 is 1. The standard InChI is InChI=1S/C9H11N5OS/c1-13-8(12-14(2)9(13)16)6-4-10-5-7(11-6)15-3/h4-5H,1-3H3. The Morgan fingerprint density at radius 2 is 2.06 bits per heavy atom. The zero-order valence-corrected chi connectivity index (χ0v) is 10.0. The van der Waals surface area contributed by atoms with Crippen molar-refractivity contribution in [2.75, 3.05) is 7.11 Å². The normalized spacial score (nSPS) is 10.4. The maximum Gasteiger partial charge on any atom is 0.232 e. The number of rotatable bonds is 2. The predicted octanol–water partition coefficient (Wildman–Crippen LogP) is 0.954. The van der Waals surface area contributed by atoms with E-state index in [4.69, 9.17) is 17.0 Å². The third-order valence-electron chi connectivity index (χ3n) is 2.18. The Bertz CT molecular complexity index is 574. The van der Waals surface area contributed by atoms with Crippen LogP contribution in [0.3, 0.4) is 0 Å². The Morgan fingerprint density at radius 1 is 1.31 bits per heavy atom. The van der Waals surface area contributed by atoms with Gasteiger partial charge in [0.15, 0.2) is 10.6 Å². The summed E-state index contributed by atoms with van der Waals surface area (Å²) in [7, 11) is 5.18. The van der Waals surface area contributed by atoms with Crippen molar-refractivity contribution < 1.29 is 4.74 Å². The molecule has 2 aromatic heterocycles. The molecule has 0 bridgehead atoms. The Morgan fingerprint density at radius 3 is 2.62 bits per heavy atom. The third kappa shape index (κ3) is 1.69. The molecule has 6 nitrogen and oxygen atoms in total. The quantitative estimate of drug-likeness (QED) is 0.728. The SMILES string of the molecule is COc1cncc(-c2nn(C)c(=S)n2C)n1. The Kier molecular flexibility index (Phi) is 2.69. The van der Waals surface area contributed by atoms with E-state index in [1.54, 1.807) is 35.8 Å². The van der Waals surface area contributed by atoms with Crippen LogP contribution in [0.2, 0.25) is 0 Å². The van der Waals surface area contributed by atoms with Gasteiger partial charge in [-0.25, -0.2) is 9.67 Å². The minimum absolute atomic E-state index is 0.453. The number of nitrogens with zero attached hydrogens (tertiary/aromatic N) is 5. The molecule has 0 atom stereocenters. The van der Waals surface area contributed by atoms with Crippen molar-refractivity contribution in [2.24, 2.45) is 14.1 Å². The highest BCUT2D eigenvalue weighted by Gasteiger charge is 2.10. The first-order valence-corrected chi connectivity index (χ1v) is 5.00. The number of ether oxygens (including phenoxy) is 1. The summed E-state index contributed by atoms with van der Waals surface area (Å²) in [5, 5.41) is 4.27. The first-order valence-electron chi connectivity index (χ1n) is 4.60. The molecule has 0 saturated heterocycles. The average molecular weight is 237 g/mol. The first-order chi connectivity index (χ1) is 7.63. The monoisotopic (exact) mass is 237 g/mol. The van der Waals surface area contributed by atoms with Crippen molar-refractivity contribution in [2.45, 2.75) is 0 Å². The molecular weight excluding hydrogens is 226 g/mol. The molecule has 0 radical (unpaired) electrons. The fraction of sp³-hybridized carbons (Fsp3) is 0.333. The van der Waals surface area contributed by atoms with Crippen LogP contribution in [0.1, 0.15) is 0 Å². The molecule has 2 heterocycles. The zero-order chi connectivity index (χ0) is 11.7. The molecule has 0 saturated carbocycles. The van der Waals surface area contributed by atoms with E-state index in [1.807, 2.05) is 7.05 Å². The Balaban J connectivity index is 2.58. The lowest BCUT2D eigenvalue weighted by Crippen LogP contribution is -1.97. The van der Waals surface area contributed by atoms with Crippen LogP contribution < -0.4 is 4.74 Å². The Labute approximate surface area is 97.5 Å². The molecule has 0 aliphatic heterocycles. The van der Waals surface area contributed by atoms with Gasteiger partial charge in [0, 0.05) is 14.1 Å². The van der Waals surface area contributed by atoms with Gasteiger partial charge in [0.1, 0.15) is 5.69 Å². The van der Waals surface area contributed by atoms with E-state index in [0.717, 1.165) is 0 Å². The molecule has 0 unspecified atom stereocenters. The van der Waals surface area contributed by atoms with Crippen molar-refractivity contribution in [3.8, 4) is 17.4 Å². The van der Waals surface area contributed by atoms with Gasteiger partial charge in [-0.05, 0) is 12.2 Å². The largest absolute Gasteiger partial charge is 0.480 e. The molecule has 84 valence electrons. The van der Waals surface area contributed by atoms with Crippen molar-refractivity contribution in [1.29, 1.82) is 0 Å². The lowest BCUT2D eigenvalue weighted by Gasteiger charge is -2.01. The summed E-state index contributed by atoms with van der Waals surface area (Å²) in [6, 6.07) is 0. The minimum atomic E-state index is 0.453. The van der Waals surface area contributed by atoms with Gasteiger partial charge in [-0.2, -0.15) is 5.10 Å². The van der Waals surface area contributed by atoms with Crippen LogP contribution in [0.5, 0.6) is 5.88 Å². The van der Waals surface area contributed by atoms with Crippen molar-refractivity contribution in [1.82, 2.24) is 24.3 Å². The second kappa shape index (κ2) is 4.01. The molecule has 0 aromatic carbocycles. The topological polar surface area (TPSA) is 57.8 Å². The highest BCUT2D eigenvalue weighted by atomic mass is 32.1. The molecule has 16 heavy (non-hydrogen) atoms.